The molecule has 28 heavy (non-hydrogen) atoms. The molecule has 8 heteroatoms. The van der Waals surface area contributed by atoms with Gasteiger partial charge >= 0.3 is 6.18 Å². The Bertz CT molecular complexity index is 825. The van der Waals surface area contributed by atoms with Crippen LogP contribution in [0.15, 0.2) is 42.6 Å². The number of hydrogen-bond acceptors (Lipinski definition) is 4. The van der Waals surface area contributed by atoms with Crippen LogP contribution in [0.4, 0.5) is 13.2 Å². The molecule has 1 amide bonds. The van der Waals surface area contributed by atoms with Crippen molar-refractivity contribution in [3.05, 3.63) is 53.7 Å². The van der Waals surface area contributed by atoms with Gasteiger partial charge in [-0.15, -0.1) is 0 Å². The van der Waals surface area contributed by atoms with Crippen LogP contribution in [0.5, 0.6) is 11.6 Å². The highest BCUT2D eigenvalue weighted by atomic mass is 19.4. The van der Waals surface area contributed by atoms with Crippen LogP contribution in [0.1, 0.15) is 41.6 Å². The Balaban J connectivity index is 1.35. The summed E-state index contributed by atoms with van der Waals surface area (Å²) in [5.41, 5.74) is -0.322. The molecule has 3 heterocycles. The number of ether oxygens (including phenoxy) is 1. The highest BCUT2D eigenvalue weighted by Crippen LogP contribution is 2.30. The summed E-state index contributed by atoms with van der Waals surface area (Å²) in [6.45, 7) is 0. The van der Waals surface area contributed by atoms with E-state index in [1.165, 1.54) is 12.8 Å². The molecular weight excluding hydrogens is 371 g/mol. The summed E-state index contributed by atoms with van der Waals surface area (Å²) in [6.07, 6.45) is 0.520. The lowest BCUT2D eigenvalue weighted by Crippen LogP contribution is -2.48. The predicted molar refractivity (Wildman–Crippen MR) is 96.2 cm³/mol. The molecule has 2 N–H and O–H groups in total. The molecule has 148 valence electrons. The SMILES string of the molecule is O=C(NC1CC2CCC(C1)N2)c1ccc(Oc2ccc(C(F)(F)F)cn2)cc1. The fraction of sp³-hybridized carbons (Fsp3) is 0.400. The standard InChI is InChI=1S/C20H20F3N3O2/c21-20(22,23)13-3-8-18(24-11-13)28-17-6-1-12(2-7-17)19(27)26-16-9-14-4-5-15(10-16)25-14/h1-3,6-8,11,14-16,25H,4-5,9-10H2,(H,26,27). The zero-order valence-corrected chi connectivity index (χ0v) is 15.0. The molecule has 2 saturated heterocycles. The number of carbonyl (C=O) groups excluding carboxylic acids is 1. The van der Waals surface area contributed by atoms with Crippen LogP contribution >= 0.6 is 0 Å². The van der Waals surface area contributed by atoms with Crippen molar-refractivity contribution in [2.45, 2.75) is 50.0 Å². The quantitative estimate of drug-likeness (QED) is 0.830. The number of fused-ring (bicyclic) bond motifs is 2. The summed E-state index contributed by atoms with van der Waals surface area (Å²) < 4.78 is 43.1. The highest BCUT2D eigenvalue weighted by molar-refractivity contribution is 5.94. The van der Waals surface area contributed by atoms with Crippen molar-refractivity contribution < 1.29 is 22.7 Å². The molecule has 2 atom stereocenters. The van der Waals surface area contributed by atoms with E-state index in [1.807, 2.05) is 0 Å². The van der Waals surface area contributed by atoms with Crippen molar-refractivity contribution in [1.82, 2.24) is 15.6 Å². The van der Waals surface area contributed by atoms with Crippen molar-refractivity contribution in [1.29, 1.82) is 0 Å². The highest BCUT2D eigenvalue weighted by Gasteiger charge is 2.34. The van der Waals surface area contributed by atoms with E-state index in [1.54, 1.807) is 24.3 Å². The minimum Gasteiger partial charge on any atom is -0.439 e. The first-order chi connectivity index (χ1) is 13.4. The van der Waals surface area contributed by atoms with Crippen LogP contribution < -0.4 is 15.4 Å². The van der Waals surface area contributed by atoms with Gasteiger partial charge in [0.15, 0.2) is 0 Å². The van der Waals surface area contributed by atoms with Crippen LogP contribution in [0.25, 0.3) is 0 Å². The first kappa shape index (κ1) is 18.7. The average molecular weight is 391 g/mol. The number of carbonyl (C=O) groups is 1. The number of benzene rings is 1. The fourth-order valence-electron chi connectivity index (χ4n) is 3.85. The summed E-state index contributed by atoms with van der Waals surface area (Å²) in [5, 5.41) is 6.63. The average Bonchev–Trinajstić information content (AvgIpc) is 3.00. The summed E-state index contributed by atoms with van der Waals surface area (Å²) in [4.78, 5) is 16.1. The molecule has 0 aliphatic carbocycles. The number of pyridine rings is 1. The van der Waals surface area contributed by atoms with Crippen LogP contribution in [0.3, 0.4) is 0 Å². The van der Waals surface area contributed by atoms with Gasteiger partial charge in [0.25, 0.3) is 5.91 Å². The van der Waals surface area contributed by atoms with Crippen molar-refractivity contribution in [3.63, 3.8) is 0 Å². The smallest absolute Gasteiger partial charge is 0.417 e. The first-order valence-electron chi connectivity index (χ1n) is 9.25. The number of piperidine rings is 1. The number of amides is 1. The van der Waals surface area contributed by atoms with E-state index in [-0.39, 0.29) is 17.8 Å². The van der Waals surface area contributed by atoms with Gasteiger partial charge in [0, 0.05) is 36.0 Å². The van der Waals surface area contributed by atoms with Gasteiger partial charge in [-0.1, -0.05) is 0 Å². The summed E-state index contributed by atoms with van der Waals surface area (Å²) >= 11 is 0. The molecule has 0 radical (unpaired) electrons. The van der Waals surface area contributed by atoms with Crippen molar-refractivity contribution in [3.8, 4) is 11.6 Å². The topological polar surface area (TPSA) is 63.2 Å². The van der Waals surface area contributed by atoms with Crippen LogP contribution in [0, 0.1) is 0 Å². The van der Waals surface area contributed by atoms with E-state index in [0.717, 1.165) is 31.2 Å². The van der Waals surface area contributed by atoms with E-state index in [0.29, 0.717) is 23.4 Å². The van der Waals surface area contributed by atoms with E-state index in [4.69, 9.17) is 4.74 Å². The maximum Gasteiger partial charge on any atom is 0.417 e. The maximum atomic E-state index is 12.6. The molecule has 2 aliphatic heterocycles. The molecule has 5 nitrogen and oxygen atoms in total. The van der Waals surface area contributed by atoms with Crippen molar-refractivity contribution in [2.75, 3.05) is 0 Å². The molecule has 1 aromatic carbocycles. The maximum absolute atomic E-state index is 12.6. The van der Waals surface area contributed by atoms with Gasteiger partial charge in [-0.05, 0) is 56.0 Å². The van der Waals surface area contributed by atoms with Crippen molar-refractivity contribution in [2.24, 2.45) is 0 Å². The van der Waals surface area contributed by atoms with Gasteiger partial charge in [-0.3, -0.25) is 4.79 Å². The Morgan fingerprint density at radius 2 is 1.75 bits per heavy atom. The monoisotopic (exact) mass is 391 g/mol. The number of halogens is 3. The lowest BCUT2D eigenvalue weighted by atomic mass is 9.99. The van der Waals surface area contributed by atoms with Crippen LogP contribution in [0.2, 0.25) is 0 Å². The lowest BCUT2D eigenvalue weighted by Gasteiger charge is -2.29. The minimum absolute atomic E-state index is 0.0513. The minimum atomic E-state index is -4.44. The second-order valence-corrected chi connectivity index (χ2v) is 7.29. The summed E-state index contributed by atoms with van der Waals surface area (Å²) in [6, 6.07) is 9.70. The Hall–Kier alpha value is -2.61. The van der Waals surface area contributed by atoms with E-state index >= 15 is 0 Å². The lowest BCUT2D eigenvalue weighted by molar-refractivity contribution is -0.137. The van der Waals surface area contributed by atoms with E-state index < -0.39 is 11.7 Å². The normalized spacial score (nSPS) is 24.0. The molecule has 0 spiro atoms. The number of nitrogens with one attached hydrogen (secondary N) is 2. The van der Waals surface area contributed by atoms with Gasteiger partial charge in [0.1, 0.15) is 5.75 Å². The molecule has 0 saturated carbocycles. The Kier molecular flexibility index (Phi) is 4.97. The summed E-state index contributed by atoms with van der Waals surface area (Å²) in [7, 11) is 0. The molecule has 2 aliphatic rings. The molecular formula is C20H20F3N3O2. The van der Waals surface area contributed by atoms with E-state index in [9.17, 15) is 18.0 Å². The van der Waals surface area contributed by atoms with Crippen LogP contribution in [-0.2, 0) is 6.18 Å². The third-order valence-electron chi connectivity index (χ3n) is 5.21. The van der Waals surface area contributed by atoms with Crippen LogP contribution in [-0.4, -0.2) is 29.0 Å². The number of aromatic nitrogens is 1. The molecule has 2 unspecified atom stereocenters. The molecule has 2 fully saturated rings. The molecule has 4 rings (SSSR count). The Labute approximate surface area is 160 Å². The van der Waals surface area contributed by atoms with E-state index in [2.05, 4.69) is 15.6 Å². The Morgan fingerprint density at radius 3 is 2.32 bits per heavy atom. The van der Waals surface area contributed by atoms with Gasteiger partial charge < -0.3 is 15.4 Å². The van der Waals surface area contributed by atoms with Gasteiger partial charge in [-0.2, -0.15) is 13.2 Å². The molecule has 2 bridgehead atoms. The predicted octanol–water partition coefficient (Wildman–Crippen LogP) is 3.91. The van der Waals surface area contributed by atoms with Gasteiger partial charge in [-0.25, -0.2) is 4.98 Å². The number of hydrogen-bond donors (Lipinski definition) is 2. The Morgan fingerprint density at radius 1 is 1.07 bits per heavy atom. The third-order valence-corrected chi connectivity index (χ3v) is 5.21. The van der Waals surface area contributed by atoms with Gasteiger partial charge in [0.05, 0.1) is 5.56 Å². The number of nitrogens with zero attached hydrogens (tertiary/aromatic N) is 1. The number of alkyl halides is 3. The second-order valence-electron chi connectivity index (χ2n) is 7.29. The molecule has 2 aromatic rings. The zero-order valence-electron chi connectivity index (χ0n) is 15.0. The number of rotatable bonds is 4. The molecule has 1 aromatic heterocycles. The fourth-order valence-corrected chi connectivity index (χ4v) is 3.85. The summed E-state index contributed by atoms with van der Waals surface area (Å²) in [5.74, 6) is 0.310. The van der Waals surface area contributed by atoms with Crippen molar-refractivity contribution >= 4 is 5.91 Å². The third kappa shape index (κ3) is 4.27. The zero-order chi connectivity index (χ0) is 19.7. The first-order valence-corrected chi connectivity index (χ1v) is 9.25. The largest absolute Gasteiger partial charge is 0.439 e. The van der Waals surface area contributed by atoms with Gasteiger partial charge in [0.2, 0.25) is 5.88 Å². The second kappa shape index (κ2) is 7.43.